The highest BCUT2D eigenvalue weighted by molar-refractivity contribution is 6.08. The lowest BCUT2D eigenvalue weighted by molar-refractivity contribution is -0.136. The van der Waals surface area contributed by atoms with Crippen LogP contribution in [0.1, 0.15) is 57.6 Å². The molecule has 0 saturated heterocycles. The average molecular weight is 515 g/mol. The molecule has 0 aliphatic carbocycles. The second kappa shape index (κ2) is 12.9. The van der Waals surface area contributed by atoms with E-state index in [9.17, 15) is 4.79 Å². The van der Waals surface area contributed by atoms with Gasteiger partial charge in [-0.25, -0.2) is 0 Å². The van der Waals surface area contributed by atoms with E-state index in [-0.39, 0.29) is 11.8 Å². The van der Waals surface area contributed by atoms with Crippen molar-refractivity contribution in [3.63, 3.8) is 0 Å². The lowest BCUT2D eigenvalue weighted by Crippen LogP contribution is -2.37. The van der Waals surface area contributed by atoms with Gasteiger partial charge in [0.15, 0.2) is 11.5 Å². The first-order chi connectivity index (χ1) is 18.5. The van der Waals surface area contributed by atoms with Crippen molar-refractivity contribution in [1.29, 1.82) is 0 Å². The van der Waals surface area contributed by atoms with Crippen molar-refractivity contribution in [2.24, 2.45) is 5.92 Å². The summed E-state index contributed by atoms with van der Waals surface area (Å²) in [5, 5.41) is 2.52. The number of aryl methyl sites for hydroxylation is 1. The largest absolute Gasteiger partial charge is 0.493 e. The zero-order valence-electron chi connectivity index (χ0n) is 23.6. The van der Waals surface area contributed by atoms with Crippen LogP contribution in [0, 0.1) is 5.92 Å². The number of benzene rings is 3. The molecule has 5 nitrogen and oxygen atoms in total. The van der Waals surface area contributed by atoms with E-state index in [2.05, 4.69) is 78.8 Å². The van der Waals surface area contributed by atoms with Crippen molar-refractivity contribution in [2.45, 2.75) is 66.0 Å². The SMILES string of the molecule is CCCCC(CC)C(=O)N(CCc1ccc(OC)c(OC)c1)Cc1ccc2c(c1)c1ccccc1n2CC. The Kier molecular flexibility index (Phi) is 9.33. The molecule has 202 valence electrons. The summed E-state index contributed by atoms with van der Waals surface area (Å²) in [6, 6.07) is 21.3. The standard InChI is InChI=1S/C33H42N2O3/c1-6-9-12-26(7-2)33(36)34(20-19-24-16-18-31(37-4)32(22-24)38-5)23-25-15-17-30-28(21-25)27-13-10-11-14-29(27)35(30)8-3/h10-11,13-18,21-22,26H,6-9,12,19-20,23H2,1-5H3. The summed E-state index contributed by atoms with van der Waals surface area (Å²) in [6.07, 6.45) is 4.76. The number of nitrogens with zero attached hydrogens (tertiary/aromatic N) is 2. The third-order valence-electron chi connectivity index (χ3n) is 7.70. The number of carbonyl (C=O) groups excluding carboxylic acids is 1. The maximum Gasteiger partial charge on any atom is 0.225 e. The van der Waals surface area contributed by atoms with Gasteiger partial charge in [0.05, 0.1) is 14.2 Å². The Morgan fingerprint density at radius 3 is 2.32 bits per heavy atom. The first kappa shape index (κ1) is 27.6. The van der Waals surface area contributed by atoms with Crippen molar-refractivity contribution in [2.75, 3.05) is 20.8 Å². The number of hydrogen-bond donors (Lipinski definition) is 0. The second-order valence-electron chi connectivity index (χ2n) is 10.1. The van der Waals surface area contributed by atoms with Gasteiger partial charge in [0.2, 0.25) is 5.91 Å². The number of fused-ring (bicyclic) bond motifs is 3. The Morgan fingerprint density at radius 2 is 1.61 bits per heavy atom. The molecule has 1 aromatic heterocycles. The molecule has 1 amide bonds. The molecule has 0 N–H and O–H groups in total. The molecule has 3 aromatic carbocycles. The predicted octanol–water partition coefficient (Wildman–Crippen LogP) is 7.62. The van der Waals surface area contributed by atoms with Crippen LogP contribution < -0.4 is 9.47 Å². The van der Waals surface area contributed by atoms with E-state index in [1.165, 1.54) is 27.4 Å². The normalized spacial score (nSPS) is 12.1. The highest BCUT2D eigenvalue weighted by Crippen LogP contribution is 2.31. The Hall–Kier alpha value is -3.47. The topological polar surface area (TPSA) is 43.7 Å². The predicted molar refractivity (Wildman–Crippen MR) is 157 cm³/mol. The third-order valence-corrected chi connectivity index (χ3v) is 7.70. The molecule has 0 aliphatic heterocycles. The number of aromatic nitrogens is 1. The van der Waals surface area contributed by atoms with Gasteiger partial charge in [0.1, 0.15) is 0 Å². The number of rotatable bonds is 13. The van der Waals surface area contributed by atoms with Crippen LogP contribution in [0.5, 0.6) is 11.5 Å². The Bertz CT molecular complexity index is 1370. The summed E-state index contributed by atoms with van der Waals surface area (Å²) in [5.74, 6) is 1.76. The Morgan fingerprint density at radius 1 is 0.868 bits per heavy atom. The van der Waals surface area contributed by atoms with E-state index in [0.717, 1.165) is 50.0 Å². The molecule has 0 saturated carbocycles. The number of ether oxygens (including phenoxy) is 2. The first-order valence-electron chi connectivity index (χ1n) is 14.0. The summed E-state index contributed by atoms with van der Waals surface area (Å²) in [7, 11) is 3.30. The van der Waals surface area contributed by atoms with E-state index in [1.807, 2.05) is 12.1 Å². The van der Waals surface area contributed by atoms with E-state index in [1.54, 1.807) is 14.2 Å². The van der Waals surface area contributed by atoms with Crippen LogP contribution in [-0.2, 0) is 24.3 Å². The van der Waals surface area contributed by atoms with E-state index in [4.69, 9.17) is 9.47 Å². The number of para-hydroxylation sites is 1. The van der Waals surface area contributed by atoms with Crippen LogP contribution in [0.2, 0.25) is 0 Å². The molecule has 0 fully saturated rings. The first-order valence-corrected chi connectivity index (χ1v) is 14.0. The van der Waals surface area contributed by atoms with E-state index >= 15 is 0 Å². The number of methoxy groups -OCH3 is 2. The fourth-order valence-corrected chi connectivity index (χ4v) is 5.54. The minimum atomic E-state index is 0.0612. The highest BCUT2D eigenvalue weighted by Gasteiger charge is 2.23. The highest BCUT2D eigenvalue weighted by atomic mass is 16.5. The lowest BCUT2D eigenvalue weighted by Gasteiger charge is -2.27. The summed E-state index contributed by atoms with van der Waals surface area (Å²) < 4.78 is 13.3. The smallest absolute Gasteiger partial charge is 0.225 e. The molecule has 4 aromatic rings. The quantitative estimate of drug-likeness (QED) is 0.184. The average Bonchev–Trinajstić information content (AvgIpc) is 3.28. The third kappa shape index (κ3) is 5.82. The maximum atomic E-state index is 13.8. The molecule has 1 unspecified atom stereocenters. The van der Waals surface area contributed by atoms with Gasteiger partial charge < -0.3 is 18.9 Å². The molecular formula is C33H42N2O3. The zero-order chi connectivity index (χ0) is 27.1. The Labute approximate surface area is 227 Å². The van der Waals surface area contributed by atoms with Crippen LogP contribution in [0.25, 0.3) is 21.8 Å². The van der Waals surface area contributed by atoms with Crippen LogP contribution in [0.3, 0.4) is 0 Å². The second-order valence-corrected chi connectivity index (χ2v) is 10.1. The van der Waals surface area contributed by atoms with Gasteiger partial charge >= 0.3 is 0 Å². The van der Waals surface area contributed by atoms with Crippen LogP contribution >= 0.6 is 0 Å². The summed E-state index contributed by atoms with van der Waals surface area (Å²) in [4.78, 5) is 15.9. The van der Waals surface area contributed by atoms with Gasteiger partial charge in [0, 0.05) is 47.4 Å². The summed E-state index contributed by atoms with van der Waals surface area (Å²) in [6.45, 7) is 8.71. The van der Waals surface area contributed by atoms with Crippen LogP contribution in [-0.4, -0.2) is 36.1 Å². The van der Waals surface area contributed by atoms with Gasteiger partial charge in [-0.05, 0) is 67.6 Å². The van der Waals surface area contributed by atoms with Crippen molar-refractivity contribution in [1.82, 2.24) is 9.47 Å². The molecule has 4 rings (SSSR count). The van der Waals surface area contributed by atoms with Crippen LogP contribution in [0.15, 0.2) is 60.7 Å². The lowest BCUT2D eigenvalue weighted by atomic mass is 9.97. The minimum absolute atomic E-state index is 0.0612. The molecule has 1 atom stereocenters. The monoisotopic (exact) mass is 514 g/mol. The van der Waals surface area contributed by atoms with Crippen molar-refractivity contribution < 1.29 is 14.3 Å². The van der Waals surface area contributed by atoms with Crippen molar-refractivity contribution in [3.8, 4) is 11.5 Å². The van der Waals surface area contributed by atoms with Gasteiger partial charge in [-0.15, -0.1) is 0 Å². The fourth-order valence-electron chi connectivity index (χ4n) is 5.54. The molecule has 38 heavy (non-hydrogen) atoms. The van der Waals surface area contributed by atoms with Crippen LogP contribution in [0.4, 0.5) is 0 Å². The fraction of sp³-hybridized carbons (Fsp3) is 0.424. The molecule has 0 spiro atoms. The number of unbranched alkanes of at least 4 members (excludes halogenated alkanes) is 1. The maximum absolute atomic E-state index is 13.8. The van der Waals surface area contributed by atoms with Gasteiger partial charge in [-0.2, -0.15) is 0 Å². The molecule has 0 bridgehead atoms. The van der Waals surface area contributed by atoms with Gasteiger partial charge in [0.25, 0.3) is 0 Å². The molecule has 0 radical (unpaired) electrons. The van der Waals surface area contributed by atoms with Crippen molar-refractivity contribution in [3.05, 3.63) is 71.8 Å². The van der Waals surface area contributed by atoms with Gasteiger partial charge in [-0.3, -0.25) is 4.79 Å². The number of amides is 1. The van der Waals surface area contributed by atoms with Gasteiger partial charge in [-0.1, -0.05) is 57.0 Å². The summed E-state index contributed by atoms with van der Waals surface area (Å²) in [5.41, 5.74) is 4.80. The zero-order valence-corrected chi connectivity index (χ0v) is 23.6. The molecule has 5 heteroatoms. The number of carbonyl (C=O) groups is 1. The molecular weight excluding hydrogens is 472 g/mol. The summed E-state index contributed by atoms with van der Waals surface area (Å²) >= 11 is 0. The van der Waals surface area contributed by atoms with E-state index in [0.29, 0.717) is 18.8 Å². The minimum Gasteiger partial charge on any atom is -0.493 e. The van der Waals surface area contributed by atoms with Crippen molar-refractivity contribution >= 4 is 27.7 Å². The number of hydrogen-bond acceptors (Lipinski definition) is 3. The van der Waals surface area contributed by atoms with E-state index < -0.39 is 0 Å². The molecule has 0 aliphatic rings. The Balaban J connectivity index is 1.64. The molecule has 1 heterocycles.